The largest absolute Gasteiger partial charge is 0.497 e. The molecule has 0 aliphatic carbocycles. The molecule has 1 aromatic heterocycles. The summed E-state index contributed by atoms with van der Waals surface area (Å²) in [5, 5.41) is 15.2. The van der Waals surface area contributed by atoms with E-state index in [1.807, 2.05) is 24.3 Å². The van der Waals surface area contributed by atoms with Gasteiger partial charge in [0.05, 0.1) is 19.2 Å². The number of halogens is 1. The number of methoxy groups -OCH3 is 1. The molecular weight excluding hydrogens is 309 g/mol. The van der Waals surface area contributed by atoms with Crippen LogP contribution in [0.3, 0.4) is 0 Å². The van der Waals surface area contributed by atoms with Crippen molar-refractivity contribution in [1.29, 1.82) is 0 Å². The van der Waals surface area contributed by atoms with Gasteiger partial charge in [-0.3, -0.25) is 0 Å². The van der Waals surface area contributed by atoms with Gasteiger partial charge in [0.2, 0.25) is 5.95 Å². The van der Waals surface area contributed by atoms with Crippen LogP contribution < -0.4 is 10.1 Å². The Morgan fingerprint density at radius 3 is 2.50 bits per heavy atom. The molecule has 1 N–H and O–H groups in total. The molecule has 0 spiro atoms. The van der Waals surface area contributed by atoms with Crippen LogP contribution in [0.5, 0.6) is 5.75 Å². The minimum Gasteiger partial charge on any atom is -0.497 e. The second-order valence-electron chi connectivity index (χ2n) is 5.72. The van der Waals surface area contributed by atoms with E-state index < -0.39 is 0 Å². The monoisotopic (exact) mass is 325 g/mol. The van der Waals surface area contributed by atoms with Crippen molar-refractivity contribution < 1.29 is 9.13 Å². The fourth-order valence-corrected chi connectivity index (χ4v) is 3.05. The highest BCUT2D eigenvalue weighted by atomic mass is 19.1. The van der Waals surface area contributed by atoms with Gasteiger partial charge in [-0.05, 0) is 52.2 Å². The van der Waals surface area contributed by atoms with E-state index >= 15 is 0 Å². The minimum atomic E-state index is -0.253. The molecule has 2 heterocycles. The maximum Gasteiger partial charge on any atom is 0.243 e. The Morgan fingerprint density at radius 2 is 1.79 bits per heavy atom. The van der Waals surface area contributed by atoms with Gasteiger partial charge in [-0.1, -0.05) is 29.4 Å². The summed E-state index contributed by atoms with van der Waals surface area (Å²) in [5.41, 5.74) is 2.10. The van der Waals surface area contributed by atoms with E-state index in [0.29, 0.717) is 5.95 Å². The van der Waals surface area contributed by atoms with Crippen LogP contribution in [-0.2, 0) is 0 Å². The number of hydrogen-bond donors (Lipinski definition) is 1. The molecule has 1 aliphatic heterocycles. The first-order valence-electron chi connectivity index (χ1n) is 7.68. The normalized spacial score (nSPS) is 19.4. The highest BCUT2D eigenvalue weighted by molar-refractivity contribution is 5.39. The van der Waals surface area contributed by atoms with E-state index in [1.54, 1.807) is 23.9 Å². The molecule has 3 aromatic rings. The Labute approximate surface area is 138 Å². The number of aromatic nitrogens is 4. The summed E-state index contributed by atoms with van der Waals surface area (Å²) in [5.74, 6) is 1.17. The van der Waals surface area contributed by atoms with Crippen LogP contribution in [0, 0.1) is 5.82 Å². The molecule has 0 saturated heterocycles. The molecule has 0 saturated carbocycles. The quantitative estimate of drug-likeness (QED) is 0.802. The Bertz CT molecular complexity index is 831. The molecule has 2 aromatic carbocycles. The third-order valence-corrected chi connectivity index (χ3v) is 4.32. The van der Waals surface area contributed by atoms with Crippen LogP contribution in [0.2, 0.25) is 0 Å². The molecule has 0 amide bonds. The predicted octanol–water partition coefficient (Wildman–Crippen LogP) is 2.97. The van der Waals surface area contributed by atoms with Gasteiger partial charge in [0.25, 0.3) is 0 Å². The Morgan fingerprint density at radius 1 is 1.08 bits per heavy atom. The van der Waals surface area contributed by atoms with Crippen molar-refractivity contribution >= 4 is 5.95 Å². The van der Waals surface area contributed by atoms with Crippen molar-refractivity contribution in [2.24, 2.45) is 0 Å². The Hall–Kier alpha value is -2.96. The lowest BCUT2D eigenvalue weighted by atomic mass is 9.93. The van der Waals surface area contributed by atoms with Crippen molar-refractivity contribution in [2.75, 3.05) is 12.4 Å². The van der Waals surface area contributed by atoms with E-state index in [-0.39, 0.29) is 17.9 Å². The first-order chi connectivity index (χ1) is 11.7. The molecule has 2 atom stereocenters. The Kier molecular flexibility index (Phi) is 3.60. The number of benzene rings is 2. The van der Waals surface area contributed by atoms with E-state index in [2.05, 4.69) is 20.8 Å². The standard InChI is InChI=1S/C17H16FN5O/c1-24-14-8-4-11(5-9-14)15-10-16(12-2-6-13(18)7-3-12)23-17(19-15)20-21-22-23/h2-9,15-16H,10H2,1H3,(H,19,20,22)/t15-,16+/m1/s1. The number of hydrogen-bond acceptors (Lipinski definition) is 5. The number of fused-ring (bicyclic) bond motifs is 1. The average molecular weight is 325 g/mol. The van der Waals surface area contributed by atoms with Crippen molar-refractivity contribution in [3.8, 4) is 5.75 Å². The molecule has 0 fully saturated rings. The minimum absolute atomic E-state index is 0.0519. The van der Waals surface area contributed by atoms with Gasteiger partial charge in [-0.15, -0.1) is 0 Å². The van der Waals surface area contributed by atoms with Crippen molar-refractivity contribution in [2.45, 2.75) is 18.5 Å². The molecule has 0 unspecified atom stereocenters. The van der Waals surface area contributed by atoms with Crippen LogP contribution in [0.15, 0.2) is 48.5 Å². The van der Waals surface area contributed by atoms with Crippen LogP contribution >= 0.6 is 0 Å². The molecule has 4 rings (SSSR count). The number of nitrogens with zero attached hydrogens (tertiary/aromatic N) is 4. The zero-order chi connectivity index (χ0) is 16.5. The molecule has 7 heteroatoms. The summed E-state index contributed by atoms with van der Waals surface area (Å²) in [7, 11) is 1.65. The second kappa shape index (κ2) is 5.92. The lowest BCUT2D eigenvalue weighted by Gasteiger charge is -2.31. The maximum absolute atomic E-state index is 13.2. The second-order valence-corrected chi connectivity index (χ2v) is 5.72. The zero-order valence-electron chi connectivity index (χ0n) is 13.1. The van der Waals surface area contributed by atoms with Crippen LogP contribution in [-0.4, -0.2) is 27.3 Å². The SMILES string of the molecule is COc1ccc([C@H]2C[C@@H](c3ccc(F)cc3)n3nnnc3N2)cc1. The molecule has 0 bridgehead atoms. The zero-order valence-corrected chi connectivity index (χ0v) is 13.1. The van der Waals surface area contributed by atoms with Gasteiger partial charge >= 0.3 is 0 Å². The first-order valence-corrected chi connectivity index (χ1v) is 7.68. The van der Waals surface area contributed by atoms with E-state index in [4.69, 9.17) is 4.74 Å². The number of tetrazole rings is 1. The van der Waals surface area contributed by atoms with E-state index in [1.165, 1.54) is 12.1 Å². The molecule has 24 heavy (non-hydrogen) atoms. The predicted molar refractivity (Wildman–Crippen MR) is 86.3 cm³/mol. The van der Waals surface area contributed by atoms with Gasteiger partial charge in [-0.25, -0.2) is 9.07 Å². The van der Waals surface area contributed by atoms with Crippen LogP contribution in [0.4, 0.5) is 10.3 Å². The third-order valence-electron chi connectivity index (χ3n) is 4.32. The Balaban J connectivity index is 1.68. The van der Waals surface area contributed by atoms with Gasteiger partial charge in [0.15, 0.2) is 0 Å². The number of ether oxygens (including phenoxy) is 1. The maximum atomic E-state index is 13.2. The number of nitrogens with one attached hydrogen (secondary N) is 1. The summed E-state index contributed by atoms with van der Waals surface area (Å²) in [6.07, 6.45) is 0.760. The smallest absolute Gasteiger partial charge is 0.243 e. The van der Waals surface area contributed by atoms with Gasteiger partial charge in [0, 0.05) is 0 Å². The van der Waals surface area contributed by atoms with Crippen molar-refractivity contribution in [1.82, 2.24) is 20.2 Å². The van der Waals surface area contributed by atoms with Crippen LogP contribution in [0.25, 0.3) is 0 Å². The summed E-state index contributed by atoms with van der Waals surface area (Å²) < 4.78 is 20.2. The molecule has 1 aliphatic rings. The third kappa shape index (κ3) is 2.58. The number of rotatable bonds is 3. The van der Waals surface area contributed by atoms with Crippen LogP contribution in [0.1, 0.15) is 29.6 Å². The van der Waals surface area contributed by atoms with Crippen molar-refractivity contribution in [3.05, 3.63) is 65.5 Å². The van der Waals surface area contributed by atoms with Gasteiger partial charge in [-0.2, -0.15) is 0 Å². The highest BCUT2D eigenvalue weighted by Gasteiger charge is 2.30. The number of anilines is 1. The first kappa shape index (κ1) is 14.6. The summed E-state index contributed by atoms with van der Waals surface area (Å²) in [6.45, 7) is 0. The van der Waals surface area contributed by atoms with Crippen molar-refractivity contribution in [3.63, 3.8) is 0 Å². The fourth-order valence-electron chi connectivity index (χ4n) is 3.05. The lowest BCUT2D eigenvalue weighted by molar-refractivity contribution is 0.412. The molecular formula is C17H16FN5O. The van der Waals surface area contributed by atoms with E-state index in [9.17, 15) is 4.39 Å². The molecule has 122 valence electrons. The lowest BCUT2D eigenvalue weighted by Crippen LogP contribution is -2.28. The summed E-state index contributed by atoms with van der Waals surface area (Å²) in [6, 6.07) is 14.4. The topological polar surface area (TPSA) is 64.9 Å². The van der Waals surface area contributed by atoms with Gasteiger partial charge < -0.3 is 10.1 Å². The molecule has 0 radical (unpaired) electrons. The fraction of sp³-hybridized carbons (Fsp3) is 0.235. The average Bonchev–Trinajstić information content (AvgIpc) is 3.10. The summed E-state index contributed by atoms with van der Waals surface area (Å²) >= 11 is 0. The molecule has 6 nitrogen and oxygen atoms in total. The highest BCUT2D eigenvalue weighted by Crippen LogP contribution is 2.37. The van der Waals surface area contributed by atoms with Gasteiger partial charge in [0.1, 0.15) is 11.6 Å². The van der Waals surface area contributed by atoms with E-state index in [0.717, 1.165) is 23.3 Å². The summed E-state index contributed by atoms with van der Waals surface area (Å²) in [4.78, 5) is 0.